The van der Waals surface area contributed by atoms with E-state index in [2.05, 4.69) is 304 Å². The van der Waals surface area contributed by atoms with E-state index < -0.39 is 0 Å². The van der Waals surface area contributed by atoms with Gasteiger partial charge in [0.05, 0.1) is 33.3 Å². The molecule has 0 saturated carbocycles. The summed E-state index contributed by atoms with van der Waals surface area (Å²) < 4.78 is 11.3. The second-order valence-electron chi connectivity index (χ2n) is 26.9. The zero-order chi connectivity index (χ0) is 69.1. The summed E-state index contributed by atoms with van der Waals surface area (Å²) in [6.07, 6.45) is 3.36. The van der Waals surface area contributed by atoms with Gasteiger partial charge in [0.1, 0.15) is 22.4 Å². The van der Waals surface area contributed by atoms with Crippen molar-refractivity contribution >= 4 is 131 Å². The van der Waals surface area contributed by atoms with Crippen LogP contribution < -0.4 is 0 Å². The highest BCUT2D eigenvalue weighted by molar-refractivity contribution is 6.20. The lowest BCUT2D eigenvalue weighted by Gasteiger charge is -2.12. The molecule has 0 spiro atoms. The number of hydrogen-bond acceptors (Lipinski definition) is 7. The molecule has 22 aromatic rings. The van der Waals surface area contributed by atoms with Crippen molar-refractivity contribution < 1.29 is 4.42 Å². The van der Waals surface area contributed by atoms with Gasteiger partial charge in [-0.05, 0) is 175 Å². The Hall–Kier alpha value is -14.3. The number of benzene rings is 16. The molecule has 0 fully saturated rings. The Bertz CT molecular complexity index is 7280. The Kier molecular flexibility index (Phi) is 13.7. The Morgan fingerprint density at radius 3 is 1.59 bits per heavy atom. The number of furan rings is 1. The molecule has 0 aliphatic heterocycles. The molecular formula is C96H58N8O. The molecule has 9 nitrogen and oxygen atoms in total. The number of aromatic nitrogens is 8. The van der Waals surface area contributed by atoms with Crippen LogP contribution in [0, 0.1) is 0 Å². The maximum atomic E-state index is 6.47. The van der Waals surface area contributed by atoms with Crippen LogP contribution >= 0.6 is 0 Å². The number of rotatable bonds is 8. The largest absolute Gasteiger partial charge is 0.455 e. The van der Waals surface area contributed by atoms with Gasteiger partial charge in [0, 0.05) is 83.7 Å². The molecule has 6 aromatic heterocycles. The van der Waals surface area contributed by atoms with Gasteiger partial charge in [0.25, 0.3) is 0 Å². The van der Waals surface area contributed by atoms with Gasteiger partial charge >= 0.3 is 0 Å². The van der Waals surface area contributed by atoms with Crippen molar-refractivity contribution in [3.63, 3.8) is 0 Å². The van der Waals surface area contributed by atoms with Gasteiger partial charge in [-0.2, -0.15) is 0 Å². The first kappa shape index (κ1) is 59.6. The predicted molar refractivity (Wildman–Crippen MR) is 433 cm³/mol. The van der Waals surface area contributed by atoms with E-state index in [1.54, 1.807) is 12.4 Å². The maximum absolute atomic E-state index is 6.47. The monoisotopic (exact) mass is 1340 g/mol. The molecule has 0 atom stereocenters. The van der Waals surface area contributed by atoms with Crippen LogP contribution in [0.2, 0.25) is 0 Å². The molecule has 0 N–H and O–H groups in total. The molecular weight excluding hydrogens is 1280 g/mol. The minimum Gasteiger partial charge on any atom is -0.455 e. The molecule has 488 valence electrons. The molecule has 105 heavy (non-hydrogen) atoms. The van der Waals surface area contributed by atoms with Crippen LogP contribution in [0.1, 0.15) is 0 Å². The SMILES string of the molecule is c1ccc(-c2ccc3c(c2)c2cc4ccccc4cc2n3-c2ccc3cc(-c4nc(-c5cccc6c5oc5ccccc56)c5ccccc5n4)ccc3c2)cc1.c1ccc(-c2nc(-c3ccc(-n4c5cc6ccccc6cc5c5c(-c6ccc7ccccc7c6)cccc54)cc3)nc3nccnc23)cc1. The summed E-state index contributed by atoms with van der Waals surface area (Å²) in [4.78, 5) is 29.3. The highest BCUT2D eigenvalue weighted by atomic mass is 16.3. The van der Waals surface area contributed by atoms with E-state index in [9.17, 15) is 0 Å². The highest BCUT2D eigenvalue weighted by Gasteiger charge is 2.23. The Balaban J connectivity index is 0.000000137. The smallest absolute Gasteiger partial charge is 0.182 e. The molecule has 0 unspecified atom stereocenters. The molecule has 0 aliphatic rings. The summed E-state index contributed by atoms with van der Waals surface area (Å²) in [5.74, 6) is 1.30. The van der Waals surface area contributed by atoms with Gasteiger partial charge in [-0.1, -0.05) is 231 Å². The van der Waals surface area contributed by atoms with Crippen molar-refractivity contribution in [2.24, 2.45) is 0 Å². The van der Waals surface area contributed by atoms with Gasteiger partial charge in [-0.15, -0.1) is 0 Å². The van der Waals surface area contributed by atoms with Gasteiger partial charge in [-0.3, -0.25) is 0 Å². The van der Waals surface area contributed by atoms with Crippen LogP contribution in [-0.4, -0.2) is 39.0 Å². The van der Waals surface area contributed by atoms with Crippen molar-refractivity contribution in [3.05, 3.63) is 352 Å². The average molecular weight is 1340 g/mol. The van der Waals surface area contributed by atoms with Crippen LogP contribution in [-0.2, 0) is 0 Å². The fourth-order valence-corrected chi connectivity index (χ4v) is 15.8. The second kappa shape index (κ2) is 24.2. The Morgan fingerprint density at radius 1 is 0.257 bits per heavy atom. The van der Waals surface area contributed by atoms with Gasteiger partial charge in [-0.25, -0.2) is 29.9 Å². The third-order valence-electron chi connectivity index (χ3n) is 20.8. The maximum Gasteiger partial charge on any atom is 0.182 e. The van der Waals surface area contributed by atoms with Crippen molar-refractivity contribution in [1.82, 2.24) is 39.0 Å². The number of hydrogen-bond donors (Lipinski definition) is 0. The molecule has 0 bridgehead atoms. The van der Waals surface area contributed by atoms with Gasteiger partial charge in [0.15, 0.2) is 17.3 Å². The molecule has 0 saturated heterocycles. The normalized spacial score (nSPS) is 11.8. The minimum atomic E-state index is 0.575. The van der Waals surface area contributed by atoms with Crippen LogP contribution in [0.25, 0.3) is 210 Å². The number of fused-ring (bicyclic) bond motifs is 15. The van der Waals surface area contributed by atoms with E-state index in [1.165, 1.54) is 92.7 Å². The summed E-state index contributed by atoms with van der Waals surface area (Å²) in [7, 11) is 0. The summed E-state index contributed by atoms with van der Waals surface area (Å²) in [6, 6.07) is 121. The minimum absolute atomic E-state index is 0.575. The summed E-state index contributed by atoms with van der Waals surface area (Å²) in [5.41, 5.74) is 21.1. The number of nitrogens with zero attached hydrogens (tertiary/aromatic N) is 8. The first-order valence-corrected chi connectivity index (χ1v) is 35.4. The van der Waals surface area contributed by atoms with Crippen LogP contribution in [0.15, 0.2) is 357 Å². The van der Waals surface area contributed by atoms with Crippen molar-refractivity contribution in [1.29, 1.82) is 0 Å². The lowest BCUT2D eigenvalue weighted by molar-refractivity contribution is 0.670. The van der Waals surface area contributed by atoms with Crippen LogP contribution in [0.3, 0.4) is 0 Å². The Morgan fingerprint density at radius 2 is 0.790 bits per heavy atom. The van der Waals surface area contributed by atoms with E-state index in [0.717, 1.165) is 94.1 Å². The zero-order valence-electron chi connectivity index (χ0n) is 56.5. The van der Waals surface area contributed by atoms with E-state index in [-0.39, 0.29) is 0 Å². The standard InChI is InChI=1S/C52H31N3O.C44H27N5/c1-2-11-32(12-3-1)37-24-26-47-44(30-37)45-29-33-13-4-5-14-34(33)31-48(45)55(47)39-25-23-35-27-38(22-21-36(35)28-39)52-53-46-19-8-6-16-42(46)50(54-52)43-18-10-17-41-40-15-7-9-20-49(40)56-51(41)43;1-2-10-29(11-3-1)41-42-44(46-24-23-45-42)48-43(47-41)30-19-21-35(22-20-30)49-38-16-8-15-36(34-18-17-28-9-4-5-12-31(28)25-34)40(38)37-26-32-13-6-7-14-33(32)27-39(37)49/h1-31H;1-27H. The predicted octanol–water partition coefficient (Wildman–Crippen LogP) is 24.8. The van der Waals surface area contributed by atoms with E-state index in [4.69, 9.17) is 24.4 Å². The van der Waals surface area contributed by atoms with Gasteiger partial charge < -0.3 is 13.6 Å². The van der Waals surface area contributed by atoms with Crippen molar-refractivity contribution in [2.45, 2.75) is 0 Å². The highest BCUT2D eigenvalue weighted by Crippen LogP contribution is 2.44. The summed E-state index contributed by atoms with van der Waals surface area (Å²) in [5, 5.41) is 17.8. The zero-order valence-corrected chi connectivity index (χ0v) is 56.5. The average Bonchev–Trinajstić information content (AvgIpc) is 1.62. The van der Waals surface area contributed by atoms with E-state index in [1.807, 2.05) is 54.6 Å². The van der Waals surface area contributed by atoms with Crippen molar-refractivity contribution in [2.75, 3.05) is 0 Å². The second-order valence-corrected chi connectivity index (χ2v) is 26.9. The first-order chi connectivity index (χ1) is 52.0. The molecule has 16 aromatic carbocycles. The molecule has 0 aliphatic carbocycles. The topological polar surface area (TPSA) is 100 Å². The summed E-state index contributed by atoms with van der Waals surface area (Å²) in [6.45, 7) is 0. The van der Waals surface area contributed by atoms with Gasteiger partial charge in [0.2, 0.25) is 0 Å². The third-order valence-corrected chi connectivity index (χ3v) is 20.8. The third kappa shape index (κ3) is 10.1. The van der Waals surface area contributed by atoms with E-state index >= 15 is 0 Å². The lowest BCUT2D eigenvalue weighted by atomic mass is 9.96. The molecule has 9 heteroatoms. The van der Waals surface area contributed by atoms with E-state index in [0.29, 0.717) is 22.8 Å². The van der Waals surface area contributed by atoms with Crippen molar-refractivity contribution in [3.8, 4) is 78.9 Å². The molecule has 0 amide bonds. The molecule has 22 rings (SSSR count). The fraction of sp³-hybridized carbons (Fsp3) is 0. The lowest BCUT2D eigenvalue weighted by Crippen LogP contribution is -1.99. The number of para-hydroxylation sites is 3. The quantitative estimate of drug-likeness (QED) is 0.149. The summed E-state index contributed by atoms with van der Waals surface area (Å²) >= 11 is 0. The molecule has 6 heterocycles. The first-order valence-electron chi connectivity index (χ1n) is 35.4. The fourth-order valence-electron chi connectivity index (χ4n) is 15.8. The van der Waals surface area contributed by atoms with Crippen LogP contribution in [0.5, 0.6) is 0 Å². The molecule has 0 radical (unpaired) electrons. The Labute approximate surface area is 601 Å². The van der Waals surface area contributed by atoms with Crippen LogP contribution in [0.4, 0.5) is 0 Å².